The molecule has 25 heavy (non-hydrogen) atoms. The molecule has 1 N–H and O–H groups in total. The number of hydrogen-bond acceptors (Lipinski definition) is 1. The van der Waals surface area contributed by atoms with Crippen molar-refractivity contribution >= 4 is 34.8 Å². The normalized spacial score (nSPS) is 22.9. The smallest absolute Gasteiger partial charge is 0.235 e. The minimum atomic E-state index is -0.528. The quantitative estimate of drug-likeness (QED) is 0.698. The van der Waals surface area contributed by atoms with Crippen LogP contribution in [0.5, 0.6) is 0 Å². The molecule has 2 aromatic carbocycles. The number of carbonyl (C=O) groups excluding carboxylic acids is 1. The van der Waals surface area contributed by atoms with Gasteiger partial charge in [0.15, 0.2) is 0 Å². The van der Waals surface area contributed by atoms with Crippen molar-refractivity contribution in [1.82, 2.24) is 0 Å². The van der Waals surface area contributed by atoms with Crippen molar-refractivity contribution in [3.8, 4) is 0 Å². The van der Waals surface area contributed by atoms with Crippen LogP contribution < -0.4 is 5.32 Å². The van der Waals surface area contributed by atoms with Gasteiger partial charge in [-0.1, -0.05) is 67.1 Å². The highest BCUT2D eigenvalue weighted by Gasteiger charge is 2.48. The summed E-state index contributed by atoms with van der Waals surface area (Å²) in [5.74, 6) is 0.697. The van der Waals surface area contributed by atoms with E-state index in [-0.39, 0.29) is 5.91 Å². The van der Waals surface area contributed by atoms with Crippen molar-refractivity contribution in [2.45, 2.75) is 43.9 Å². The van der Waals surface area contributed by atoms with E-state index in [1.165, 1.54) is 25.7 Å². The molecule has 2 aliphatic rings. The second-order valence-corrected chi connectivity index (χ2v) is 8.26. The number of anilines is 1. The molecule has 1 fully saturated rings. The standard InChI is InChI=1S/C21H21Cl2NO/c22-16-7-3-6-15(10-16)13-21(12-14-4-1-2-5-14)18-9-8-17(23)11-19(18)24-20(21)25/h3,6-11,14H,1-2,4-5,12-13H2,(H,24,25). The van der Waals surface area contributed by atoms with Crippen molar-refractivity contribution in [3.05, 3.63) is 63.6 Å². The Morgan fingerprint density at radius 2 is 1.80 bits per heavy atom. The number of benzene rings is 2. The first-order valence-corrected chi connectivity index (χ1v) is 9.68. The number of fused-ring (bicyclic) bond motifs is 1. The maximum atomic E-state index is 13.2. The molecule has 1 aliphatic carbocycles. The Balaban J connectivity index is 1.77. The molecule has 0 radical (unpaired) electrons. The third-order valence-electron chi connectivity index (χ3n) is 5.69. The molecule has 130 valence electrons. The van der Waals surface area contributed by atoms with Gasteiger partial charge < -0.3 is 5.32 Å². The largest absolute Gasteiger partial charge is 0.325 e. The summed E-state index contributed by atoms with van der Waals surface area (Å²) in [6.07, 6.45) is 6.53. The van der Waals surface area contributed by atoms with E-state index in [4.69, 9.17) is 23.2 Å². The summed E-state index contributed by atoms with van der Waals surface area (Å²) >= 11 is 12.3. The number of rotatable bonds is 4. The second-order valence-electron chi connectivity index (χ2n) is 7.39. The van der Waals surface area contributed by atoms with Crippen LogP contribution in [0.4, 0.5) is 5.69 Å². The molecule has 0 saturated heterocycles. The molecule has 1 heterocycles. The zero-order valence-corrected chi connectivity index (χ0v) is 15.5. The summed E-state index contributed by atoms with van der Waals surface area (Å²) in [6, 6.07) is 13.6. The van der Waals surface area contributed by atoms with E-state index in [1.54, 1.807) is 0 Å². The fourth-order valence-corrected chi connectivity index (χ4v) is 4.94. The molecular weight excluding hydrogens is 353 g/mol. The van der Waals surface area contributed by atoms with Crippen LogP contribution in [0, 0.1) is 5.92 Å². The van der Waals surface area contributed by atoms with Crippen LogP contribution in [0.25, 0.3) is 0 Å². The van der Waals surface area contributed by atoms with Gasteiger partial charge in [-0.25, -0.2) is 0 Å². The number of carbonyl (C=O) groups is 1. The van der Waals surface area contributed by atoms with E-state index < -0.39 is 5.41 Å². The molecule has 2 nitrogen and oxygen atoms in total. The molecule has 0 spiro atoms. The molecule has 4 heteroatoms. The predicted molar refractivity (Wildman–Crippen MR) is 103 cm³/mol. The molecular formula is C21H21Cl2NO. The topological polar surface area (TPSA) is 29.1 Å². The fourth-order valence-electron chi connectivity index (χ4n) is 4.55. The van der Waals surface area contributed by atoms with Gasteiger partial charge in [0.05, 0.1) is 5.41 Å². The Hall–Kier alpha value is -1.51. The third kappa shape index (κ3) is 3.18. The molecule has 1 saturated carbocycles. The molecule has 1 unspecified atom stereocenters. The van der Waals surface area contributed by atoms with Gasteiger partial charge in [-0.05, 0) is 54.2 Å². The SMILES string of the molecule is O=C1Nc2cc(Cl)ccc2C1(Cc1cccc(Cl)c1)CC1CCCC1. The summed E-state index contributed by atoms with van der Waals surface area (Å²) < 4.78 is 0. The van der Waals surface area contributed by atoms with E-state index in [9.17, 15) is 4.79 Å². The van der Waals surface area contributed by atoms with E-state index in [0.717, 1.165) is 23.2 Å². The van der Waals surface area contributed by atoms with E-state index >= 15 is 0 Å². The Kier molecular flexibility index (Phi) is 4.51. The summed E-state index contributed by atoms with van der Waals surface area (Å²) in [6.45, 7) is 0. The maximum absolute atomic E-state index is 13.2. The van der Waals surface area contributed by atoms with Gasteiger partial charge in [0, 0.05) is 15.7 Å². The second kappa shape index (κ2) is 6.66. The van der Waals surface area contributed by atoms with Gasteiger partial charge in [0.2, 0.25) is 5.91 Å². The Morgan fingerprint density at radius 1 is 1.04 bits per heavy atom. The lowest BCUT2D eigenvalue weighted by Gasteiger charge is -2.30. The number of nitrogens with one attached hydrogen (secondary N) is 1. The van der Waals surface area contributed by atoms with Crippen molar-refractivity contribution in [2.75, 3.05) is 5.32 Å². The first-order chi connectivity index (χ1) is 12.1. The Bertz CT molecular complexity index is 813. The predicted octanol–water partition coefficient (Wildman–Crippen LogP) is 6.01. The highest BCUT2D eigenvalue weighted by Crippen LogP contribution is 2.47. The van der Waals surface area contributed by atoms with Gasteiger partial charge in [0.1, 0.15) is 0 Å². The summed E-state index contributed by atoms with van der Waals surface area (Å²) in [5, 5.41) is 4.44. The Morgan fingerprint density at radius 3 is 2.56 bits per heavy atom. The van der Waals surface area contributed by atoms with Crippen LogP contribution in [0.2, 0.25) is 10.0 Å². The third-order valence-corrected chi connectivity index (χ3v) is 6.16. The van der Waals surface area contributed by atoms with Crippen molar-refractivity contribution in [2.24, 2.45) is 5.92 Å². The number of halogens is 2. The molecule has 2 aromatic rings. The van der Waals surface area contributed by atoms with Gasteiger partial charge in [-0.2, -0.15) is 0 Å². The van der Waals surface area contributed by atoms with E-state index in [2.05, 4.69) is 11.4 Å². The fraction of sp³-hybridized carbons (Fsp3) is 0.381. The van der Waals surface area contributed by atoms with Crippen LogP contribution in [0.3, 0.4) is 0 Å². The van der Waals surface area contributed by atoms with Crippen LogP contribution >= 0.6 is 23.2 Å². The van der Waals surface area contributed by atoms with Crippen LogP contribution in [-0.4, -0.2) is 5.91 Å². The van der Waals surface area contributed by atoms with Crippen LogP contribution in [0.1, 0.15) is 43.2 Å². The zero-order valence-electron chi connectivity index (χ0n) is 14.0. The van der Waals surface area contributed by atoms with Gasteiger partial charge in [-0.3, -0.25) is 4.79 Å². The lowest BCUT2D eigenvalue weighted by atomic mass is 9.70. The molecule has 0 bridgehead atoms. The average Bonchev–Trinajstić information content (AvgIpc) is 3.15. The average molecular weight is 374 g/mol. The van der Waals surface area contributed by atoms with Crippen molar-refractivity contribution in [1.29, 1.82) is 0 Å². The van der Waals surface area contributed by atoms with Crippen molar-refractivity contribution < 1.29 is 4.79 Å². The number of amides is 1. The first kappa shape index (κ1) is 16.9. The van der Waals surface area contributed by atoms with E-state index in [1.807, 2.05) is 36.4 Å². The molecule has 0 aromatic heterocycles. The minimum absolute atomic E-state index is 0.0941. The van der Waals surface area contributed by atoms with Gasteiger partial charge in [0.25, 0.3) is 0 Å². The summed E-state index contributed by atoms with van der Waals surface area (Å²) in [4.78, 5) is 13.2. The van der Waals surface area contributed by atoms with Gasteiger partial charge >= 0.3 is 0 Å². The van der Waals surface area contributed by atoms with Crippen molar-refractivity contribution in [3.63, 3.8) is 0 Å². The van der Waals surface area contributed by atoms with Crippen LogP contribution in [0.15, 0.2) is 42.5 Å². The lowest BCUT2D eigenvalue weighted by molar-refractivity contribution is -0.121. The lowest BCUT2D eigenvalue weighted by Crippen LogP contribution is -2.38. The van der Waals surface area contributed by atoms with E-state index in [0.29, 0.717) is 22.4 Å². The highest BCUT2D eigenvalue weighted by molar-refractivity contribution is 6.31. The molecule has 1 amide bonds. The maximum Gasteiger partial charge on any atom is 0.235 e. The molecule has 1 atom stereocenters. The van der Waals surface area contributed by atoms with Gasteiger partial charge in [-0.15, -0.1) is 0 Å². The number of hydrogen-bond donors (Lipinski definition) is 1. The zero-order chi connectivity index (χ0) is 17.4. The highest BCUT2D eigenvalue weighted by atomic mass is 35.5. The molecule has 1 aliphatic heterocycles. The molecule has 4 rings (SSSR count). The summed E-state index contributed by atoms with van der Waals surface area (Å²) in [7, 11) is 0. The minimum Gasteiger partial charge on any atom is -0.325 e. The summed E-state index contributed by atoms with van der Waals surface area (Å²) in [5.41, 5.74) is 2.51. The Labute approximate surface area is 158 Å². The van der Waals surface area contributed by atoms with Crippen LogP contribution in [-0.2, 0) is 16.6 Å². The monoisotopic (exact) mass is 373 g/mol. The first-order valence-electron chi connectivity index (χ1n) is 8.93.